The van der Waals surface area contributed by atoms with E-state index in [1.54, 1.807) is 35.2 Å². The number of aliphatic hydroxyl groups is 1. The maximum Gasteiger partial charge on any atom is 0.314 e. The minimum absolute atomic E-state index is 0.354. The van der Waals surface area contributed by atoms with Gasteiger partial charge in [0.1, 0.15) is 5.82 Å². The summed E-state index contributed by atoms with van der Waals surface area (Å²) < 4.78 is 14.4. The molecule has 1 aliphatic heterocycles. The monoisotopic (exact) mass is 344 g/mol. The molecule has 3 aromatic rings. The predicted molar refractivity (Wildman–Crippen MR) is 88.0 cm³/mol. The third kappa shape index (κ3) is 3.89. The molecule has 1 saturated heterocycles. The molecule has 0 bridgehead atoms. The van der Waals surface area contributed by atoms with Gasteiger partial charge in [0, 0.05) is 25.5 Å². The van der Waals surface area contributed by atoms with Gasteiger partial charge in [0.2, 0.25) is 0 Å². The molecule has 2 amide bonds. The predicted octanol–water partition coefficient (Wildman–Crippen LogP) is 1.06. The Bertz CT molecular complexity index is 866. The van der Waals surface area contributed by atoms with E-state index < -0.39 is 6.03 Å². The van der Waals surface area contributed by atoms with Crippen molar-refractivity contribution in [1.29, 1.82) is 0 Å². The van der Waals surface area contributed by atoms with Gasteiger partial charge in [-0.2, -0.15) is 5.10 Å². The molecule has 0 radical (unpaired) electrons. The number of hydrogen-bond donors (Lipinski definition) is 2. The van der Waals surface area contributed by atoms with Crippen molar-refractivity contribution in [2.75, 3.05) is 13.1 Å². The number of likely N-dealkylation sites (tertiary alicyclic amines) is 1. The van der Waals surface area contributed by atoms with E-state index in [4.69, 9.17) is 10.8 Å². The molecule has 9 heteroatoms. The first-order valence-electron chi connectivity index (χ1n) is 7.67. The van der Waals surface area contributed by atoms with Crippen molar-refractivity contribution in [2.24, 2.45) is 5.73 Å². The van der Waals surface area contributed by atoms with Crippen molar-refractivity contribution >= 4 is 11.7 Å². The topological polar surface area (TPSA) is 110 Å². The van der Waals surface area contributed by atoms with Gasteiger partial charge in [-0.15, -0.1) is 0 Å². The maximum atomic E-state index is 12.7. The maximum absolute atomic E-state index is 12.7. The number of halogens is 1. The second kappa shape index (κ2) is 7.22. The number of primary amides is 1. The molecule has 3 N–H and O–H groups in total. The van der Waals surface area contributed by atoms with E-state index in [-0.39, 0.29) is 11.9 Å². The molecule has 8 nitrogen and oxygen atoms in total. The Balaban J connectivity index is 0.000000173. The molecule has 1 atom stereocenters. The lowest BCUT2D eigenvalue weighted by Gasteiger charge is -2.10. The summed E-state index contributed by atoms with van der Waals surface area (Å²) in [6, 6.07) is 4.34. The summed E-state index contributed by atoms with van der Waals surface area (Å²) in [6.07, 6.45) is 6.63. The molecule has 1 unspecified atom stereocenters. The van der Waals surface area contributed by atoms with Crippen LogP contribution in [-0.4, -0.2) is 54.8 Å². The molecule has 1 fully saturated rings. The molecule has 4 rings (SSSR count). The minimum Gasteiger partial charge on any atom is -0.391 e. The number of fused-ring (bicyclic) bond motifs is 1. The number of nitrogens with two attached hydrogens (primary N) is 1. The van der Waals surface area contributed by atoms with Gasteiger partial charge in [0.05, 0.1) is 29.8 Å². The van der Waals surface area contributed by atoms with Crippen molar-refractivity contribution < 1.29 is 14.3 Å². The molecular formula is C16H17FN6O2. The molecule has 1 aliphatic rings. The van der Waals surface area contributed by atoms with E-state index >= 15 is 0 Å². The quantitative estimate of drug-likeness (QED) is 0.686. The number of urea groups is 1. The highest BCUT2D eigenvalue weighted by molar-refractivity contribution is 5.74. The summed E-state index contributed by atoms with van der Waals surface area (Å²) in [5.74, 6) is -0.354. The third-order valence-corrected chi connectivity index (χ3v) is 3.76. The first kappa shape index (κ1) is 16.8. The van der Waals surface area contributed by atoms with Gasteiger partial charge in [0.15, 0.2) is 5.65 Å². The second-order valence-corrected chi connectivity index (χ2v) is 5.53. The first-order valence-corrected chi connectivity index (χ1v) is 7.67. The van der Waals surface area contributed by atoms with E-state index in [0.717, 1.165) is 5.56 Å². The number of pyridine rings is 1. The summed E-state index contributed by atoms with van der Waals surface area (Å²) in [4.78, 5) is 20.0. The summed E-state index contributed by atoms with van der Waals surface area (Å²) in [5.41, 5.74) is 7.10. The van der Waals surface area contributed by atoms with Gasteiger partial charge >= 0.3 is 6.03 Å². The molecule has 4 heterocycles. The van der Waals surface area contributed by atoms with Gasteiger partial charge in [-0.1, -0.05) is 0 Å². The molecule has 0 aromatic carbocycles. The minimum atomic E-state index is -0.438. The van der Waals surface area contributed by atoms with Crippen molar-refractivity contribution in [3.8, 4) is 11.3 Å². The number of carbonyl (C=O) groups excluding carboxylic acids is 1. The Kier molecular flexibility index (Phi) is 4.85. The lowest BCUT2D eigenvalue weighted by Crippen LogP contribution is -2.34. The number of aromatic nitrogens is 4. The van der Waals surface area contributed by atoms with Crippen molar-refractivity contribution in [3.05, 3.63) is 48.8 Å². The third-order valence-electron chi connectivity index (χ3n) is 3.76. The zero-order valence-corrected chi connectivity index (χ0v) is 13.3. The van der Waals surface area contributed by atoms with E-state index in [9.17, 15) is 9.18 Å². The number of aliphatic hydroxyl groups excluding tert-OH is 1. The summed E-state index contributed by atoms with van der Waals surface area (Å²) in [7, 11) is 0. The van der Waals surface area contributed by atoms with Crippen LogP contribution in [0.4, 0.5) is 9.18 Å². The summed E-state index contributed by atoms with van der Waals surface area (Å²) >= 11 is 0. The van der Waals surface area contributed by atoms with Gasteiger partial charge < -0.3 is 15.7 Å². The van der Waals surface area contributed by atoms with E-state index in [0.29, 0.717) is 30.9 Å². The number of carbonyl (C=O) groups is 1. The van der Waals surface area contributed by atoms with Crippen LogP contribution >= 0.6 is 0 Å². The molecule has 0 saturated carbocycles. The average Bonchev–Trinajstić information content (AvgIpc) is 3.23. The van der Waals surface area contributed by atoms with Crippen LogP contribution in [0.5, 0.6) is 0 Å². The van der Waals surface area contributed by atoms with Crippen LogP contribution in [0.2, 0.25) is 0 Å². The average molecular weight is 344 g/mol. The van der Waals surface area contributed by atoms with Crippen molar-refractivity contribution in [1.82, 2.24) is 24.5 Å². The molecule has 130 valence electrons. The summed E-state index contributed by atoms with van der Waals surface area (Å²) in [6.45, 7) is 0.992. The Hall–Kier alpha value is -3.07. The zero-order valence-electron chi connectivity index (χ0n) is 13.3. The van der Waals surface area contributed by atoms with Crippen LogP contribution in [0.15, 0.2) is 43.0 Å². The normalized spacial score (nSPS) is 16.6. The number of β-amino-alcohol motifs (C(OH)–C–C–N with tert-alkyl or cyclic N) is 1. The highest BCUT2D eigenvalue weighted by Crippen LogP contribution is 2.20. The largest absolute Gasteiger partial charge is 0.391 e. The van der Waals surface area contributed by atoms with E-state index in [2.05, 4.69) is 15.1 Å². The lowest BCUT2D eigenvalue weighted by molar-refractivity contribution is 0.175. The van der Waals surface area contributed by atoms with Crippen LogP contribution in [0.25, 0.3) is 16.9 Å². The van der Waals surface area contributed by atoms with Crippen molar-refractivity contribution in [3.63, 3.8) is 0 Å². The Labute approximate surface area is 142 Å². The molecular weight excluding hydrogens is 327 g/mol. The number of rotatable bonds is 1. The fourth-order valence-electron chi connectivity index (χ4n) is 2.49. The second-order valence-electron chi connectivity index (χ2n) is 5.53. The Morgan fingerprint density at radius 2 is 2.16 bits per heavy atom. The fraction of sp³-hybridized carbons (Fsp3) is 0.250. The van der Waals surface area contributed by atoms with E-state index in [1.165, 1.54) is 17.2 Å². The number of amides is 2. The Morgan fingerprint density at radius 1 is 1.32 bits per heavy atom. The van der Waals surface area contributed by atoms with Crippen LogP contribution in [-0.2, 0) is 0 Å². The first-order chi connectivity index (χ1) is 12.0. The van der Waals surface area contributed by atoms with Crippen LogP contribution in [0, 0.1) is 5.82 Å². The molecule has 3 aromatic heterocycles. The smallest absolute Gasteiger partial charge is 0.314 e. The standard InChI is InChI=1S/C11H7FN4.C5H10N2O2/c12-8-2-3-10(14-6-8)9-7-15-16-5-1-4-13-11(9)16;6-5(9)7-2-1-4(8)3-7/h1-7H;4,8H,1-3H2,(H2,6,9). The van der Waals surface area contributed by atoms with Crippen LogP contribution < -0.4 is 5.73 Å². The molecule has 25 heavy (non-hydrogen) atoms. The zero-order chi connectivity index (χ0) is 17.8. The highest BCUT2D eigenvalue weighted by Gasteiger charge is 2.21. The summed E-state index contributed by atoms with van der Waals surface area (Å²) in [5, 5.41) is 13.0. The van der Waals surface area contributed by atoms with Crippen LogP contribution in [0.1, 0.15) is 6.42 Å². The van der Waals surface area contributed by atoms with Gasteiger partial charge in [-0.3, -0.25) is 4.98 Å². The SMILES string of the molecule is Fc1ccc(-c2cnn3cccnc23)nc1.NC(=O)N1CCC(O)C1. The van der Waals surface area contributed by atoms with Crippen molar-refractivity contribution in [2.45, 2.75) is 12.5 Å². The fourth-order valence-corrected chi connectivity index (χ4v) is 2.49. The van der Waals surface area contributed by atoms with E-state index in [1.807, 2.05) is 0 Å². The highest BCUT2D eigenvalue weighted by atomic mass is 19.1. The molecule has 0 aliphatic carbocycles. The van der Waals surface area contributed by atoms with Gasteiger partial charge in [0.25, 0.3) is 0 Å². The number of hydrogen-bond acceptors (Lipinski definition) is 5. The van der Waals surface area contributed by atoms with Gasteiger partial charge in [-0.25, -0.2) is 18.7 Å². The lowest BCUT2D eigenvalue weighted by atomic mass is 10.2. The van der Waals surface area contributed by atoms with Gasteiger partial charge in [-0.05, 0) is 24.6 Å². The molecule has 0 spiro atoms. The number of nitrogens with zero attached hydrogens (tertiary/aromatic N) is 5. The Morgan fingerprint density at radius 3 is 2.76 bits per heavy atom. The van der Waals surface area contributed by atoms with Crippen LogP contribution in [0.3, 0.4) is 0 Å².